The highest BCUT2D eigenvalue weighted by atomic mass is 16.1. The summed E-state index contributed by atoms with van der Waals surface area (Å²) in [6, 6.07) is 6.90. The molecule has 0 saturated carbocycles. The van der Waals surface area contributed by atoms with Crippen molar-refractivity contribution in [3.05, 3.63) is 47.0 Å². The zero-order chi connectivity index (χ0) is 16.7. The topological polar surface area (TPSA) is 76.9 Å². The normalized spacial score (nSPS) is 10.7. The summed E-state index contributed by atoms with van der Waals surface area (Å²) in [5.41, 5.74) is 1.39. The molecule has 0 fully saturated rings. The monoisotopic (exact) mass is 314 g/mol. The van der Waals surface area contributed by atoms with Crippen LogP contribution in [0.5, 0.6) is 0 Å². The first-order valence-electron chi connectivity index (χ1n) is 7.81. The highest BCUT2D eigenvalue weighted by molar-refractivity contribution is 5.75. The molecule has 122 valence electrons. The molecule has 0 aliphatic carbocycles. The fraction of sp³-hybridized carbons (Fsp3) is 0.412. The van der Waals surface area contributed by atoms with E-state index in [4.69, 9.17) is 0 Å². The van der Waals surface area contributed by atoms with Gasteiger partial charge in [0.1, 0.15) is 0 Å². The molecule has 0 aliphatic heterocycles. The van der Waals surface area contributed by atoms with Crippen LogP contribution in [0.1, 0.15) is 26.7 Å². The first-order chi connectivity index (χ1) is 11.1. The number of aryl methyl sites for hydroxylation is 1. The van der Waals surface area contributed by atoms with Gasteiger partial charge in [-0.15, -0.1) is 0 Å². The molecule has 6 nitrogen and oxygen atoms in total. The second-order valence-electron chi connectivity index (χ2n) is 5.82. The van der Waals surface area contributed by atoms with Crippen molar-refractivity contribution in [3.63, 3.8) is 0 Å². The van der Waals surface area contributed by atoms with Crippen LogP contribution < -0.4 is 10.9 Å². The Labute approximate surface area is 135 Å². The van der Waals surface area contributed by atoms with Gasteiger partial charge in [0, 0.05) is 43.5 Å². The molecule has 0 aromatic carbocycles. The Morgan fingerprint density at radius 3 is 2.83 bits per heavy atom. The Hall–Kier alpha value is -2.50. The Balaban J connectivity index is 1.95. The molecule has 0 radical (unpaired) electrons. The highest BCUT2D eigenvalue weighted by Gasteiger charge is 2.06. The van der Waals surface area contributed by atoms with E-state index >= 15 is 0 Å². The van der Waals surface area contributed by atoms with Crippen molar-refractivity contribution >= 4 is 5.91 Å². The van der Waals surface area contributed by atoms with Gasteiger partial charge in [0.2, 0.25) is 5.91 Å². The summed E-state index contributed by atoms with van der Waals surface area (Å²) in [5.74, 6) is 0.439. The van der Waals surface area contributed by atoms with Gasteiger partial charge in [-0.3, -0.25) is 14.6 Å². The third-order valence-corrected chi connectivity index (χ3v) is 3.31. The van der Waals surface area contributed by atoms with E-state index in [1.54, 1.807) is 18.5 Å². The van der Waals surface area contributed by atoms with E-state index in [1.807, 2.05) is 26.0 Å². The van der Waals surface area contributed by atoms with Gasteiger partial charge >= 0.3 is 0 Å². The minimum absolute atomic E-state index is 0.00941. The van der Waals surface area contributed by atoms with Crippen molar-refractivity contribution in [1.82, 2.24) is 20.1 Å². The van der Waals surface area contributed by atoms with E-state index in [-0.39, 0.29) is 11.5 Å². The fourth-order valence-electron chi connectivity index (χ4n) is 2.07. The van der Waals surface area contributed by atoms with Crippen LogP contribution in [0.3, 0.4) is 0 Å². The summed E-state index contributed by atoms with van der Waals surface area (Å²) in [6.07, 6.45) is 4.36. The summed E-state index contributed by atoms with van der Waals surface area (Å²) in [6.45, 7) is 5.19. The first kappa shape index (κ1) is 16.9. The van der Waals surface area contributed by atoms with Gasteiger partial charge in [-0.25, -0.2) is 4.68 Å². The van der Waals surface area contributed by atoms with E-state index in [0.717, 1.165) is 5.56 Å². The van der Waals surface area contributed by atoms with E-state index in [2.05, 4.69) is 15.4 Å². The smallest absolute Gasteiger partial charge is 0.266 e. The molecule has 0 bridgehead atoms. The molecule has 0 aliphatic rings. The minimum atomic E-state index is -0.166. The Morgan fingerprint density at radius 1 is 1.30 bits per heavy atom. The predicted molar refractivity (Wildman–Crippen MR) is 88.8 cm³/mol. The Kier molecular flexibility index (Phi) is 6.02. The van der Waals surface area contributed by atoms with Crippen LogP contribution in [0.2, 0.25) is 0 Å². The number of pyridine rings is 1. The van der Waals surface area contributed by atoms with Crippen LogP contribution in [0.4, 0.5) is 0 Å². The Bertz CT molecular complexity index is 695. The van der Waals surface area contributed by atoms with Gasteiger partial charge in [0.15, 0.2) is 0 Å². The summed E-state index contributed by atoms with van der Waals surface area (Å²) in [7, 11) is 0. The molecule has 2 heterocycles. The SMILES string of the molecule is CC(C)CNC(=O)CCCn1nc(-c2cccnc2)ccc1=O. The number of carbonyl (C=O) groups is 1. The minimum Gasteiger partial charge on any atom is -0.356 e. The van der Waals surface area contributed by atoms with E-state index in [1.165, 1.54) is 10.7 Å². The van der Waals surface area contributed by atoms with Crippen LogP contribution in [0.25, 0.3) is 11.3 Å². The third-order valence-electron chi connectivity index (χ3n) is 3.31. The van der Waals surface area contributed by atoms with Gasteiger partial charge in [0.25, 0.3) is 5.56 Å². The Morgan fingerprint density at radius 2 is 2.13 bits per heavy atom. The number of hydrogen-bond donors (Lipinski definition) is 1. The lowest BCUT2D eigenvalue weighted by molar-refractivity contribution is -0.121. The van der Waals surface area contributed by atoms with Crippen molar-refractivity contribution in [1.29, 1.82) is 0 Å². The van der Waals surface area contributed by atoms with E-state index in [9.17, 15) is 9.59 Å². The number of amides is 1. The molecule has 0 unspecified atom stereocenters. The molecule has 2 aromatic heterocycles. The number of aromatic nitrogens is 3. The summed E-state index contributed by atoms with van der Waals surface area (Å²) >= 11 is 0. The van der Waals surface area contributed by atoms with Crippen LogP contribution >= 0.6 is 0 Å². The van der Waals surface area contributed by atoms with Gasteiger partial charge < -0.3 is 5.32 Å². The van der Waals surface area contributed by atoms with Gasteiger partial charge in [-0.05, 0) is 30.5 Å². The molecule has 2 rings (SSSR count). The van der Waals surface area contributed by atoms with Crippen molar-refractivity contribution in [2.75, 3.05) is 6.54 Å². The zero-order valence-corrected chi connectivity index (χ0v) is 13.5. The second kappa shape index (κ2) is 8.22. The van der Waals surface area contributed by atoms with Crippen molar-refractivity contribution in [2.24, 2.45) is 5.92 Å². The molecule has 0 saturated heterocycles. The maximum atomic E-state index is 11.9. The van der Waals surface area contributed by atoms with Gasteiger partial charge in [-0.2, -0.15) is 5.10 Å². The molecular weight excluding hydrogens is 292 g/mol. The molecule has 1 N–H and O–H groups in total. The van der Waals surface area contributed by atoms with Gasteiger partial charge in [0.05, 0.1) is 5.69 Å². The van der Waals surface area contributed by atoms with E-state index in [0.29, 0.717) is 37.5 Å². The lowest BCUT2D eigenvalue weighted by Gasteiger charge is -2.09. The molecule has 2 aromatic rings. The summed E-state index contributed by atoms with van der Waals surface area (Å²) in [5, 5.41) is 7.21. The predicted octanol–water partition coefficient (Wildman–Crippen LogP) is 1.86. The van der Waals surface area contributed by atoms with Crippen molar-refractivity contribution < 1.29 is 4.79 Å². The largest absolute Gasteiger partial charge is 0.356 e. The first-order valence-corrected chi connectivity index (χ1v) is 7.81. The van der Waals surface area contributed by atoms with Crippen LogP contribution in [0, 0.1) is 5.92 Å². The third kappa shape index (κ3) is 5.32. The highest BCUT2D eigenvalue weighted by Crippen LogP contribution is 2.12. The van der Waals surface area contributed by atoms with Gasteiger partial charge in [-0.1, -0.05) is 13.8 Å². The zero-order valence-electron chi connectivity index (χ0n) is 13.5. The van der Waals surface area contributed by atoms with Crippen molar-refractivity contribution in [3.8, 4) is 11.3 Å². The summed E-state index contributed by atoms with van der Waals surface area (Å²) in [4.78, 5) is 27.6. The maximum absolute atomic E-state index is 11.9. The van der Waals surface area contributed by atoms with Crippen LogP contribution in [0.15, 0.2) is 41.5 Å². The standard InChI is InChI=1S/C17H22N4O2/c1-13(2)11-19-16(22)6-4-10-21-17(23)8-7-15(20-21)14-5-3-9-18-12-14/h3,5,7-9,12-13H,4,6,10-11H2,1-2H3,(H,19,22). The average molecular weight is 314 g/mol. The number of hydrogen-bond acceptors (Lipinski definition) is 4. The molecule has 0 spiro atoms. The quantitative estimate of drug-likeness (QED) is 0.846. The van der Waals surface area contributed by atoms with Crippen molar-refractivity contribution in [2.45, 2.75) is 33.2 Å². The number of rotatable bonds is 7. The summed E-state index contributed by atoms with van der Waals surface area (Å²) < 4.78 is 1.40. The maximum Gasteiger partial charge on any atom is 0.266 e. The van der Waals surface area contributed by atoms with Crippen LogP contribution in [-0.4, -0.2) is 27.2 Å². The lowest BCUT2D eigenvalue weighted by atomic mass is 10.2. The second-order valence-corrected chi connectivity index (χ2v) is 5.82. The molecule has 0 atom stereocenters. The molecule has 6 heteroatoms. The number of carbonyl (C=O) groups excluding carboxylic acids is 1. The fourth-order valence-corrected chi connectivity index (χ4v) is 2.07. The average Bonchev–Trinajstić information content (AvgIpc) is 2.55. The molecule has 23 heavy (non-hydrogen) atoms. The van der Waals surface area contributed by atoms with Crippen LogP contribution in [-0.2, 0) is 11.3 Å². The van der Waals surface area contributed by atoms with E-state index < -0.39 is 0 Å². The lowest BCUT2D eigenvalue weighted by Crippen LogP contribution is -2.28. The number of nitrogens with one attached hydrogen (secondary N) is 1. The number of nitrogens with zero attached hydrogens (tertiary/aromatic N) is 3. The molecular formula is C17H22N4O2. The molecule has 1 amide bonds.